The van der Waals surface area contributed by atoms with Crippen molar-refractivity contribution in [3.63, 3.8) is 0 Å². The van der Waals surface area contributed by atoms with Gasteiger partial charge in [-0.2, -0.15) is 0 Å². The second kappa shape index (κ2) is 6.23. The van der Waals surface area contributed by atoms with Crippen molar-refractivity contribution in [3.05, 3.63) is 35.1 Å². The molecule has 0 saturated carbocycles. The van der Waals surface area contributed by atoms with E-state index >= 15 is 0 Å². The molecule has 0 aliphatic rings. The summed E-state index contributed by atoms with van der Waals surface area (Å²) in [5.74, 6) is -0.680. The molecule has 1 amide bonds. The smallest absolute Gasteiger partial charge is 0.251 e. The van der Waals surface area contributed by atoms with Gasteiger partial charge in [-0.3, -0.25) is 4.79 Å². The number of benzene rings is 1. The zero-order valence-electron chi connectivity index (χ0n) is 9.29. The molecule has 1 aromatic rings. The van der Waals surface area contributed by atoms with Crippen LogP contribution in [-0.4, -0.2) is 24.2 Å². The molecular weight excluding hydrogens is 209 g/mol. The number of unbranched alkanes of at least 4 members (excludes halogenated alkanes) is 1. The molecule has 3 nitrogen and oxygen atoms in total. The number of hydrogen-bond donors (Lipinski definition) is 2. The number of aryl methyl sites for hydroxylation is 1. The minimum Gasteiger partial charge on any atom is -0.396 e. The van der Waals surface area contributed by atoms with E-state index < -0.39 is 5.82 Å². The van der Waals surface area contributed by atoms with E-state index in [4.69, 9.17) is 5.11 Å². The predicted molar refractivity (Wildman–Crippen MR) is 59.8 cm³/mol. The number of aliphatic hydroxyl groups is 1. The summed E-state index contributed by atoms with van der Waals surface area (Å²) in [7, 11) is 0. The van der Waals surface area contributed by atoms with Crippen molar-refractivity contribution < 1.29 is 14.3 Å². The largest absolute Gasteiger partial charge is 0.396 e. The van der Waals surface area contributed by atoms with Gasteiger partial charge < -0.3 is 10.4 Å². The maximum Gasteiger partial charge on any atom is 0.251 e. The van der Waals surface area contributed by atoms with Gasteiger partial charge in [0, 0.05) is 18.7 Å². The number of rotatable bonds is 5. The Balaban J connectivity index is 2.52. The molecule has 1 aromatic carbocycles. The fraction of sp³-hybridized carbons (Fsp3) is 0.417. The van der Waals surface area contributed by atoms with Crippen molar-refractivity contribution >= 4 is 5.91 Å². The Morgan fingerprint density at radius 3 is 2.75 bits per heavy atom. The number of carbonyl (C=O) groups is 1. The standard InChI is InChI=1S/C12H16FNO2/c1-9-6-10(8-11(13)7-9)12(16)14-4-2-3-5-15/h6-8,15H,2-5H2,1H3,(H,14,16). The molecule has 0 bridgehead atoms. The van der Waals surface area contributed by atoms with Gasteiger partial charge in [0.1, 0.15) is 5.82 Å². The van der Waals surface area contributed by atoms with Gasteiger partial charge >= 0.3 is 0 Å². The van der Waals surface area contributed by atoms with Gasteiger partial charge in [-0.15, -0.1) is 0 Å². The summed E-state index contributed by atoms with van der Waals surface area (Å²) in [6.07, 6.45) is 1.37. The first-order valence-electron chi connectivity index (χ1n) is 5.29. The van der Waals surface area contributed by atoms with Gasteiger partial charge in [-0.1, -0.05) is 0 Å². The Morgan fingerprint density at radius 1 is 1.38 bits per heavy atom. The Hall–Kier alpha value is -1.42. The third-order valence-corrected chi connectivity index (χ3v) is 2.17. The predicted octanol–water partition coefficient (Wildman–Crippen LogP) is 1.64. The summed E-state index contributed by atoms with van der Waals surface area (Å²) < 4.78 is 13.0. The van der Waals surface area contributed by atoms with E-state index in [2.05, 4.69) is 5.32 Å². The first-order valence-corrected chi connectivity index (χ1v) is 5.29. The number of aliphatic hydroxyl groups excluding tert-OH is 1. The first-order chi connectivity index (χ1) is 7.63. The van der Waals surface area contributed by atoms with Crippen LogP contribution in [0.4, 0.5) is 4.39 Å². The molecule has 0 heterocycles. The maximum absolute atomic E-state index is 13.0. The number of halogens is 1. The van der Waals surface area contributed by atoms with E-state index in [9.17, 15) is 9.18 Å². The minimum absolute atomic E-state index is 0.120. The van der Waals surface area contributed by atoms with Crippen LogP contribution < -0.4 is 5.32 Å². The zero-order chi connectivity index (χ0) is 12.0. The van der Waals surface area contributed by atoms with Gasteiger partial charge in [0.15, 0.2) is 0 Å². The van der Waals surface area contributed by atoms with Crippen molar-refractivity contribution in [1.82, 2.24) is 5.32 Å². The van der Waals surface area contributed by atoms with Crippen LogP contribution in [0.15, 0.2) is 18.2 Å². The van der Waals surface area contributed by atoms with Crippen LogP contribution in [0.25, 0.3) is 0 Å². The molecule has 0 atom stereocenters. The molecule has 0 fully saturated rings. The van der Waals surface area contributed by atoms with Crippen LogP contribution in [-0.2, 0) is 0 Å². The SMILES string of the molecule is Cc1cc(F)cc(C(=O)NCCCCO)c1. The van der Waals surface area contributed by atoms with Crippen molar-refractivity contribution in [2.24, 2.45) is 0 Å². The second-order valence-corrected chi connectivity index (χ2v) is 3.70. The Kier molecular flexibility index (Phi) is 4.92. The van der Waals surface area contributed by atoms with E-state index in [1.165, 1.54) is 12.1 Å². The number of amides is 1. The third kappa shape index (κ3) is 3.98. The normalized spacial score (nSPS) is 10.2. The molecule has 0 aliphatic heterocycles. The number of hydrogen-bond acceptors (Lipinski definition) is 2. The molecule has 0 aromatic heterocycles. The molecule has 0 saturated heterocycles. The second-order valence-electron chi connectivity index (χ2n) is 3.70. The van der Waals surface area contributed by atoms with Crippen LogP contribution in [0.1, 0.15) is 28.8 Å². The van der Waals surface area contributed by atoms with Crippen molar-refractivity contribution in [1.29, 1.82) is 0 Å². The summed E-state index contributed by atoms with van der Waals surface area (Å²) in [5.41, 5.74) is 1.06. The van der Waals surface area contributed by atoms with Gasteiger partial charge in [0.05, 0.1) is 0 Å². The molecule has 0 unspecified atom stereocenters. The lowest BCUT2D eigenvalue weighted by atomic mass is 10.1. The molecule has 2 N–H and O–H groups in total. The lowest BCUT2D eigenvalue weighted by molar-refractivity contribution is 0.0951. The molecule has 0 aliphatic carbocycles. The average molecular weight is 225 g/mol. The molecule has 88 valence electrons. The summed E-state index contributed by atoms with van der Waals surface area (Å²) in [5, 5.41) is 11.2. The molecular formula is C12H16FNO2. The third-order valence-electron chi connectivity index (χ3n) is 2.17. The summed E-state index contributed by atoms with van der Waals surface area (Å²) in [4.78, 5) is 11.6. The quantitative estimate of drug-likeness (QED) is 0.748. The van der Waals surface area contributed by atoms with E-state index in [0.717, 1.165) is 12.0 Å². The minimum atomic E-state index is -0.402. The Morgan fingerprint density at radius 2 is 2.12 bits per heavy atom. The van der Waals surface area contributed by atoms with Gasteiger partial charge in [0.25, 0.3) is 5.91 Å². The summed E-state index contributed by atoms with van der Waals surface area (Å²) in [6, 6.07) is 4.24. The number of nitrogens with one attached hydrogen (secondary N) is 1. The molecule has 0 spiro atoms. The lowest BCUT2D eigenvalue weighted by Gasteiger charge is -2.05. The van der Waals surface area contributed by atoms with E-state index in [-0.39, 0.29) is 12.5 Å². The topological polar surface area (TPSA) is 49.3 Å². The highest BCUT2D eigenvalue weighted by atomic mass is 19.1. The van der Waals surface area contributed by atoms with Crippen molar-refractivity contribution in [3.8, 4) is 0 Å². The molecule has 0 radical (unpaired) electrons. The fourth-order valence-electron chi connectivity index (χ4n) is 1.41. The average Bonchev–Trinajstić information content (AvgIpc) is 2.22. The van der Waals surface area contributed by atoms with E-state index in [1.54, 1.807) is 13.0 Å². The highest BCUT2D eigenvalue weighted by Gasteiger charge is 2.06. The fourth-order valence-corrected chi connectivity index (χ4v) is 1.41. The van der Waals surface area contributed by atoms with Gasteiger partial charge in [-0.25, -0.2) is 4.39 Å². The van der Waals surface area contributed by atoms with Crippen LogP contribution in [0.3, 0.4) is 0 Å². The number of carbonyl (C=O) groups excluding carboxylic acids is 1. The molecule has 1 rings (SSSR count). The van der Waals surface area contributed by atoms with Crippen LogP contribution in [0, 0.1) is 12.7 Å². The first kappa shape index (κ1) is 12.6. The van der Waals surface area contributed by atoms with Crippen molar-refractivity contribution in [2.75, 3.05) is 13.2 Å². The van der Waals surface area contributed by atoms with Gasteiger partial charge in [0.2, 0.25) is 0 Å². The Bertz CT molecular complexity index is 346. The van der Waals surface area contributed by atoms with E-state index in [1.807, 2.05) is 0 Å². The molecule has 4 heteroatoms. The monoisotopic (exact) mass is 225 g/mol. The highest BCUT2D eigenvalue weighted by molar-refractivity contribution is 5.94. The summed E-state index contributed by atoms with van der Waals surface area (Å²) >= 11 is 0. The lowest BCUT2D eigenvalue weighted by Crippen LogP contribution is -2.24. The van der Waals surface area contributed by atoms with Crippen LogP contribution in [0.2, 0.25) is 0 Å². The van der Waals surface area contributed by atoms with Crippen LogP contribution >= 0.6 is 0 Å². The van der Waals surface area contributed by atoms with Gasteiger partial charge in [-0.05, 0) is 43.5 Å². The van der Waals surface area contributed by atoms with Crippen LogP contribution in [0.5, 0.6) is 0 Å². The molecule has 16 heavy (non-hydrogen) atoms. The van der Waals surface area contributed by atoms with E-state index in [0.29, 0.717) is 18.5 Å². The Labute approximate surface area is 94.3 Å². The maximum atomic E-state index is 13.0. The zero-order valence-corrected chi connectivity index (χ0v) is 9.29. The van der Waals surface area contributed by atoms with Crippen molar-refractivity contribution in [2.45, 2.75) is 19.8 Å². The summed E-state index contributed by atoms with van der Waals surface area (Å²) in [6.45, 7) is 2.36. The highest BCUT2D eigenvalue weighted by Crippen LogP contribution is 2.08.